The molecule has 2 rings (SSSR count). The number of hydrogen-bond acceptors (Lipinski definition) is 5. The van der Waals surface area contributed by atoms with Crippen molar-refractivity contribution >= 4 is 23.3 Å². The number of carbonyl (C=O) groups is 2. The third-order valence-corrected chi connectivity index (χ3v) is 3.39. The fraction of sp³-hybridized carbons (Fsp3) is 0.222. The Kier molecular flexibility index (Phi) is 6.27. The molecule has 0 radical (unpaired) electrons. The minimum Gasteiger partial charge on any atom is -0.482 e. The zero-order valence-corrected chi connectivity index (χ0v) is 14.3. The number of anilines is 2. The van der Waals surface area contributed by atoms with Crippen LogP contribution in [-0.4, -0.2) is 25.1 Å². The highest BCUT2D eigenvalue weighted by Gasteiger charge is 2.33. The summed E-state index contributed by atoms with van der Waals surface area (Å²) in [5, 5.41) is 2.15. The molecule has 0 heterocycles. The highest BCUT2D eigenvalue weighted by molar-refractivity contribution is 5.93. The average Bonchev–Trinajstić information content (AvgIpc) is 2.60. The maximum absolute atomic E-state index is 12.9. The molecule has 1 amide bonds. The van der Waals surface area contributed by atoms with E-state index in [9.17, 15) is 22.8 Å². The van der Waals surface area contributed by atoms with Gasteiger partial charge in [0.15, 0.2) is 6.61 Å². The molecule has 0 saturated heterocycles. The smallest absolute Gasteiger partial charge is 0.418 e. The van der Waals surface area contributed by atoms with E-state index in [-0.39, 0.29) is 29.3 Å². The van der Waals surface area contributed by atoms with Crippen LogP contribution in [0.4, 0.5) is 24.5 Å². The van der Waals surface area contributed by atoms with E-state index in [1.165, 1.54) is 30.3 Å². The van der Waals surface area contributed by atoms with Crippen molar-refractivity contribution in [2.45, 2.75) is 13.1 Å². The lowest BCUT2D eigenvalue weighted by Crippen LogP contribution is -2.22. The lowest BCUT2D eigenvalue weighted by Gasteiger charge is -2.14. The number of nitrogens with one attached hydrogen (secondary N) is 1. The van der Waals surface area contributed by atoms with E-state index < -0.39 is 30.2 Å². The van der Waals surface area contributed by atoms with Crippen molar-refractivity contribution in [1.82, 2.24) is 0 Å². The Bertz CT molecular complexity index is 838. The second-order valence-electron chi connectivity index (χ2n) is 5.35. The van der Waals surface area contributed by atoms with Crippen LogP contribution in [0.3, 0.4) is 0 Å². The number of rotatable bonds is 6. The molecule has 0 aromatic heterocycles. The van der Waals surface area contributed by atoms with Crippen molar-refractivity contribution in [3.63, 3.8) is 0 Å². The van der Waals surface area contributed by atoms with Gasteiger partial charge in [-0.3, -0.25) is 4.79 Å². The van der Waals surface area contributed by atoms with Crippen LogP contribution < -0.4 is 15.8 Å². The topological polar surface area (TPSA) is 90.7 Å². The first-order valence-corrected chi connectivity index (χ1v) is 7.88. The summed E-state index contributed by atoms with van der Waals surface area (Å²) in [6.45, 7) is 1.23. The second kappa shape index (κ2) is 8.43. The van der Waals surface area contributed by atoms with Crippen LogP contribution in [0.2, 0.25) is 0 Å². The van der Waals surface area contributed by atoms with Crippen molar-refractivity contribution in [3.8, 4) is 5.75 Å². The maximum atomic E-state index is 12.9. The lowest BCUT2D eigenvalue weighted by molar-refractivity contribution is -0.137. The first-order valence-electron chi connectivity index (χ1n) is 7.88. The number of halogens is 3. The monoisotopic (exact) mass is 382 g/mol. The summed E-state index contributed by atoms with van der Waals surface area (Å²) in [4.78, 5) is 23.7. The molecule has 0 unspecified atom stereocenters. The number of ether oxygens (including phenoxy) is 2. The first-order chi connectivity index (χ1) is 12.7. The molecule has 0 bridgehead atoms. The van der Waals surface area contributed by atoms with Gasteiger partial charge in [-0.25, -0.2) is 4.79 Å². The number of hydrogen-bond donors (Lipinski definition) is 2. The van der Waals surface area contributed by atoms with Crippen LogP contribution in [0.1, 0.15) is 22.8 Å². The van der Waals surface area contributed by atoms with Crippen LogP contribution in [0, 0.1) is 0 Å². The van der Waals surface area contributed by atoms with Gasteiger partial charge in [0.25, 0.3) is 5.91 Å². The van der Waals surface area contributed by atoms with Gasteiger partial charge in [0.2, 0.25) is 0 Å². The highest BCUT2D eigenvalue weighted by atomic mass is 19.4. The second-order valence-corrected chi connectivity index (χ2v) is 5.35. The summed E-state index contributed by atoms with van der Waals surface area (Å²) in [5.74, 6) is -1.36. The molecule has 2 aromatic carbocycles. The van der Waals surface area contributed by atoms with Gasteiger partial charge in [0.1, 0.15) is 5.75 Å². The predicted molar refractivity (Wildman–Crippen MR) is 92.4 cm³/mol. The Morgan fingerprint density at radius 3 is 2.52 bits per heavy atom. The van der Waals surface area contributed by atoms with Crippen molar-refractivity contribution in [2.75, 3.05) is 24.3 Å². The van der Waals surface area contributed by atoms with Crippen LogP contribution >= 0.6 is 0 Å². The van der Waals surface area contributed by atoms with Crippen LogP contribution in [0.25, 0.3) is 0 Å². The number of benzene rings is 2. The Labute approximate surface area is 153 Å². The molecular formula is C18H17F3N2O4. The Morgan fingerprint density at radius 2 is 1.85 bits per heavy atom. The van der Waals surface area contributed by atoms with Gasteiger partial charge in [-0.05, 0) is 37.3 Å². The molecule has 0 saturated carbocycles. The van der Waals surface area contributed by atoms with Gasteiger partial charge in [-0.15, -0.1) is 0 Å². The molecule has 0 aliphatic carbocycles. The van der Waals surface area contributed by atoms with Gasteiger partial charge in [-0.2, -0.15) is 13.2 Å². The van der Waals surface area contributed by atoms with Gasteiger partial charge in [-0.1, -0.05) is 12.1 Å². The summed E-state index contributed by atoms with van der Waals surface area (Å²) >= 11 is 0. The number of nitrogens with two attached hydrogens (primary N) is 1. The quantitative estimate of drug-likeness (QED) is 0.590. The third-order valence-electron chi connectivity index (χ3n) is 3.39. The maximum Gasteiger partial charge on any atom is 0.418 e. The standard InChI is InChI=1S/C18H17F3N2O4/c1-2-26-17(25)11-7-8-13(22)15(9-11)27-10-16(24)23-14-6-4-3-5-12(14)18(19,20)21/h3-9H,2,10,22H2,1H3,(H,23,24). The van der Waals surface area contributed by atoms with E-state index in [1.54, 1.807) is 6.92 Å². The van der Waals surface area contributed by atoms with E-state index in [0.29, 0.717) is 0 Å². The Hall–Kier alpha value is -3.23. The van der Waals surface area contributed by atoms with Crippen molar-refractivity contribution in [2.24, 2.45) is 0 Å². The largest absolute Gasteiger partial charge is 0.482 e. The van der Waals surface area contributed by atoms with Gasteiger partial charge in [0, 0.05) is 0 Å². The number of alkyl halides is 3. The molecule has 27 heavy (non-hydrogen) atoms. The number of carbonyl (C=O) groups excluding carboxylic acids is 2. The van der Waals surface area contributed by atoms with E-state index in [0.717, 1.165) is 12.1 Å². The van der Waals surface area contributed by atoms with E-state index in [4.69, 9.17) is 15.2 Å². The van der Waals surface area contributed by atoms with E-state index >= 15 is 0 Å². The van der Waals surface area contributed by atoms with Crippen LogP contribution in [-0.2, 0) is 15.7 Å². The molecule has 144 valence electrons. The summed E-state index contributed by atoms with van der Waals surface area (Å²) < 4.78 is 48.9. The van der Waals surface area contributed by atoms with E-state index in [1.807, 2.05) is 0 Å². The Morgan fingerprint density at radius 1 is 1.15 bits per heavy atom. The number of para-hydroxylation sites is 1. The fourth-order valence-corrected chi connectivity index (χ4v) is 2.17. The summed E-state index contributed by atoms with van der Waals surface area (Å²) in [5.41, 5.74) is 4.70. The fourth-order valence-electron chi connectivity index (χ4n) is 2.17. The molecule has 2 aromatic rings. The average molecular weight is 382 g/mol. The molecule has 0 aliphatic heterocycles. The third kappa shape index (κ3) is 5.37. The highest BCUT2D eigenvalue weighted by Crippen LogP contribution is 2.34. The number of amides is 1. The van der Waals surface area contributed by atoms with Gasteiger partial charge in [0.05, 0.1) is 29.1 Å². The molecule has 3 N–H and O–H groups in total. The van der Waals surface area contributed by atoms with Gasteiger partial charge < -0.3 is 20.5 Å². The molecule has 0 aliphatic rings. The molecule has 6 nitrogen and oxygen atoms in total. The van der Waals surface area contributed by atoms with Crippen molar-refractivity contribution < 1.29 is 32.2 Å². The Balaban J connectivity index is 2.07. The number of nitrogen functional groups attached to an aromatic ring is 1. The minimum absolute atomic E-state index is 0.0415. The van der Waals surface area contributed by atoms with Crippen molar-refractivity contribution in [1.29, 1.82) is 0 Å². The zero-order valence-electron chi connectivity index (χ0n) is 14.3. The van der Waals surface area contributed by atoms with Crippen LogP contribution in [0.5, 0.6) is 5.75 Å². The minimum atomic E-state index is -4.61. The normalized spacial score (nSPS) is 11.0. The molecule has 0 atom stereocenters. The molecule has 0 spiro atoms. The SMILES string of the molecule is CCOC(=O)c1ccc(N)c(OCC(=O)Nc2ccccc2C(F)(F)F)c1. The summed E-state index contributed by atoms with van der Waals surface area (Å²) in [6.07, 6.45) is -4.61. The predicted octanol–water partition coefficient (Wildman–Crippen LogP) is 3.48. The van der Waals surface area contributed by atoms with Gasteiger partial charge >= 0.3 is 12.1 Å². The van der Waals surface area contributed by atoms with E-state index in [2.05, 4.69) is 5.32 Å². The lowest BCUT2D eigenvalue weighted by atomic mass is 10.1. The summed E-state index contributed by atoms with van der Waals surface area (Å²) in [6, 6.07) is 8.71. The molecular weight excluding hydrogens is 365 g/mol. The summed E-state index contributed by atoms with van der Waals surface area (Å²) in [7, 11) is 0. The van der Waals surface area contributed by atoms with Crippen molar-refractivity contribution in [3.05, 3.63) is 53.6 Å². The molecule has 0 fully saturated rings. The first kappa shape index (κ1) is 20.1. The zero-order chi connectivity index (χ0) is 20.0. The molecule has 9 heteroatoms. The number of esters is 1. The van der Waals surface area contributed by atoms with Crippen LogP contribution in [0.15, 0.2) is 42.5 Å².